The zero-order valence-electron chi connectivity index (χ0n) is 13.9. The molecule has 0 N–H and O–H groups in total. The highest BCUT2D eigenvalue weighted by atomic mass is 16.1. The standard InChI is InChI=1S/C18H28N2O/c1-5-16(21)15-8-10-20(11-9-15)13-14-6-7-17(19-12-14)18(2,3)4/h6-7,12,15H,5,8-11,13H2,1-4H3. The fourth-order valence-electron chi connectivity index (χ4n) is 2.92. The SMILES string of the molecule is CCC(=O)C1CCN(Cc2ccc(C(C)(C)C)nc2)CC1. The lowest BCUT2D eigenvalue weighted by Gasteiger charge is -2.31. The molecule has 0 atom stereocenters. The van der Waals surface area contributed by atoms with Gasteiger partial charge in [-0.15, -0.1) is 0 Å². The number of piperidine rings is 1. The molecule has 0 bridgehead atoms. The molecule has 3 nitrogen and oxygen atoms in total. The Morgan fingerprint density at radius 1 is 1.29 bits per heavy atom. The maximum absolute atomic E-state index is 11.7. The Morgan fingerprint density at radius 2 is 1.95 bits per heavy atom. The van der Waals surface area contributed by atoms with E-state index in [9.17, 15) is 4.79 Å². The lowest BCUT2D eigenvalue weighted by atomic mass is 9.90. The van der Waals surface area contributed by atoms with Crippen molar-refractivity contribution in [2.75, 3.05) is 13.1 Å². The number of hydrogen-bond donors (Lipinski definition) is 0. The Kier molecular flexibility index (Phi) is 5.15. The summed E-state index contributed by atoms with van der Waals surface area (Å²) in [7, 11) is 0. The predicted octanol–water partition coefficient (Wildman–Crippen LogP) is 3.57. The van der Waals surface area contributed by atoms with Gasteiger partial charge in [0.2, 0.25) is 0 Å². The predicted molar refractivity (Wildman–Crippen MR) is 86.2 cm³/mol. The Bertz CT molecular complexity index is 465. The second-order valence-electron chi connectivity index (χ2n) is 7.17. The summed E-state index contributed by atoms with van der Waals surface area (Å²) in [5.41, 5.74) is 2.51. The largest absolute Gasteiger partial charge is 0.299 e. The van der Waals surface area contributed by atoms with Crippen LogP contribution in [0, 0.1) is 5.92 Å². The Hall–Kier alpha value is -1.22. The lowest BCUT2D eigenvalue weighted by molar-refractivity contribution is -0.124. The molecule has 21 heavy (non-hydrogen) atoms. The number of aromatic nitrogens is 1. The van der Waals surface area contributed by atoms with Crippen LogP contribution in [0.1, 0.15) is 58.2 Å². The molecule has 2 rings (SSSR count). The normalized spacial score (nSPS) is 17.9. The second kappa shape index (κ2) is 6.69. The van der Waals surface area contributed by atoms with E-state index in [1.54, 1.807) is 0 Å². The highest BCUT2D eigenvalue weighted by Crippen LogP contribution is 2.22. The monoisotopic (exact) mass is 288 g/mol. The summed E-state index contributed by atoms with van der Waals surface area (Å²) in [4.78, 5) is 18.8. The van der Waals surface area contributed by atoms with Gasteiger partial charge in [0, 0.05) is 36.2 Å². The van der Waals surface area contributed by atoms with Crippen LogP contribution < -0.4 is 0 Å². The van der Waals surface area contributed by atoms with Crippen molar-refractivity contribution in [2.24, 2.45) is 5.92 Å². The van der Waals surface area contributed by atoms with E-state index in [1.807, 2.05) is 13.1 Å². The van der Waals surface area contributed by atoms with Crippen molar-refractivity contribution in [1.29, 1.82) is 0 Å². The van der Waals surface area contributed by atoms with Gasteiger partial charge in [0.25, 0.3) is 0 Å². The van der Waals surface area contributed by atoms with Crippen molar-refractivity contribution in [2.45, 2.75) is 58.9 Å². The third-order valence-corrected chi connectivity index (χ3v) is 4.39. The smallest absolute Gasteiger partial charge is 0.135 e. The van der Waals surface area contributed by atoms with Crippen LogP contribution in [0.5, 0.6) is 0 Å². The molecule has 116 valence electrons. The first-order valence-corrected chi connectivity index (χ1v) is 8.10. The minimum atomic E-state index is 0.109. The van der Waals surface area contributed by atoms with Crippen LogP contribution in [0.15, 0.2) is 18.3 Å². The van der Waals surface area contributed by atoms with Crippen LogP contribution in [-0.4, -0.2) is 28.8 Å². The van der Waals surface area contributed by atoms with Crippen molar-refractivity contribution in [3.63, 3.8) is 0 Å². The van der Waals surface area contributed by atoms with E-state index in [1.165, 1.54) is 5.56 Å². The van der Waals surface area contributed by atoms with Crippen molar-refractivity contribution in [1.82, 2.24) is 9.88 Å². The minimum absolute atomic E-state index is 0.109. The summed E-state index contributed by atoms with van der Waals surface area (Å²) in [6, 6.07) is 4.33. The van der Waals surface area contributed by atoms with Crippen molar-refractivity contribution in [3.05, 3.63) is 29.6 Å². The number of hydrogen-bond acceptors (Lipinski definition) is 3. The fraction of sp³-hybridized carbons (Fsp3) is 0.667. The Labute approximate surface area is 128 Å². The van der Waals surface area contributed by atoms with E-state index in [4.69, 9.17) is 0 Å². The number of rotatable bonds is 4. The number of ketones is 1. The van der Waals surface area contributed by atoms with E-state index in [0.717, 1.165) is 38.2 Å². The summed E-state index contributed by atoms with van der Waals surface area (Å²) in [6.45, 7) is 11.5. The number of likely N-dealkylation sites (tertiary alicyclic amines) is 1. The molecule has 1 aliphatic heterocycles. The molecule has 1 aromatic rings. The molecule has 0 unspecified atom stereocenters. The Balaban J connectivity index is 1.88. The molecule has 1 aromatic heterocycles. The van der Waals surface area contributed by atoms with Crippen molar-refractivity contribution < 1.29 is 4.79 Å². The topological polar surface area (TPSA) is 33.2 Å². The molecule has 0 amide bonds. The molecule has 1 saturated heterocycles. The van der Waals surface area contributed by atoms with E-state index in [2.05, 4.69) is 42.8 Å². The molecular formula is C18H28N2O. The number of pyridine rings is 1. The number of Topliss-reactive ketones (excluding diaryl/α,β-unsaturated/α-hetero) is 1. The summed E-state index contributed by atoms with van der Waals surface area (Å²) in [5, 5.41) is 0. The van der Waals surface area contributed by atoms with Crippen molar-refractivity contribution >= 4 is 5.78 Å². The van der Waals surface area contributed by atoms with Gasteiger partial charge >= 0.3 is 0 Å². The maximum atomic E-state index is 11.7. The van der Waals surface area contributed by atoms with Gasteiger partial charge in [-0.05, 0) is 37.6 Å². The molecule has 0 radical (unpaired) electrons. The highest BCUT2D eigenvalue weighted by Gasteiger charge is 2.23. The molecular weight excluding hydrogens is 260 g/mol. The quantitative estimate of drug-likeness (QED) is 0.849. The number of nitrogens with zero attached hydrogens (tertiary/aromatic N) is 2. The van der Waals surface area contributed by atoms with Crippen LogP contribution in [0.3, 0.4) is 0 Å². The summed E-state index contributed by atoms with van der Waals surface area (Å²) in [5.74, 6) is 0.735. The van der Waals surface area contributed by atoms with E-state index >= 15 is 0 Å². The summed E-state index contributed by atoms with van der Waals surface area (Å²) >= 11 is 0. The number of carbonyl (C=O) groups is 1. The first kappa shape index (κ1) is 16.2. The van der Waals surface area contributed by atoms with Gasteiger partial charge in [0.1, 0.15) is 5.78 Å². The zero-order chi connectivity index (χ0) is 15.5. The van der Waals surface area contributed by atoms with E-state index in [0.29, 0.717) is 18.1 Å². The highest BCUT2D eigenvalue weighted by molar-refractivity contribution is 5.80. The van der Waals surface area contributed by atoms with Crippen LogP contribution >= 0.6 is 0 Å². The molecule has 0 saturated carbocycles. The summed E-state index contributed by atoms with van der Waals surface area (Å²) < 4.78 is 0. The first-order chi connectivity index (χ1) is 9.90. The molecule has 0 aromatic carbocycles. The van der Waals surface area contributed by atoms with Gasteiger partial charge < -0.3 is 0 Å². The van der Waals surface area contributed by atoms with Gasteiger partial charge in [-0.25, -0.2) is 0 Å². The Morgan fingerprint density at radius 3 is 2.43 bits per heavy atom. The van der Waals surface area contributed by atoms with Crippen LogP contribution in [-0.2, 0) is 16.8 Å². The van der Waals surface area contributed by atoms with Gasteiger partial charge in [-0.1, -0.05) is 33.8 Å². The average molecular weight is 288 g/mol. The molecule has 3 heteroatoms. The van der Waals surface area contributed by atoms with E-state index in [-0.39, 0.29) is 5.41 Å². The second-order valence-corrected chi connectivity index (χ2v) is 7.17. The van der Waals surface area contributed by atoms with Crippen LogP contribution in [0.25, 0.3) is 0 Å². The minimum Gasteiger partial charge on any atom is -0.299 e. The van der Waals surface area contributed by atoms with Crippen molar-refractivity contribution in [3.8, 4) is 0 Å². The molecule has 2 heterocycles. The number of carbonyl (C=O) groups excluding carboxylic acids is 1. The molecule has 1 aliphatic rings. The molecule has 1 fully saturated rings. The molecule has 0 aliphatic carbocycles. The van der Waals surface area contributed by atoms with Gasteiger partial charge in [0.15, 0.2) is 0 Å². The van der Waals surface area contributed by atoms with Crippen LogP contribution in [0.4, 0.5) is 0 Å². The van der Waals surface area contributed by atoms with Gasteiger partial charge in [0.05, 0.1) is 0 Å². The molecule has 0 spiro atoms. The lowest BCUT2D eigenvalue weighted by Crippen LogP contribution is -2.35. The third-order valence-electron chi connectivity index (χ3n) is 4.39. The van der Waals surface area contributed by atoms with Crippen LogP contribution in [0.2, 0.25) is 0 Å². The zero-order valence-corrected chi connectivity index (χ0v) is 13.9. The first-order valence-electron chi connectivity index (χ1n) is 8.10. The maximum Gasteiger partial charge on any atom is 0.135 e. The fourth-order valence-corrected chi connectivity index (χ4v) is 2.92. The van der Waals surface area contributed by atoms with Gasteiger partial charge in [-0.3, -0.25) is 14.7 Å². The average Bonchev–Trinajstić information content (AvgIpc) is 2.47. The van der Waals surface area contributed by atoms with Gasteiger partial charge in [-0.2, -0.15) is 0 Å². The summed E-state index contributed by atoms with van der Waals surface area (Å²) in [6.07, 6.45) is 4.72. The third kappa shape index (κ3) is 4.37. The van der Waals surface area contributed by atoms with E-state index < -0.39 is 0 Å².